The van der Waals surface area contributed by atoms with Gasteiger partial charge in [0.05, 0.1) is 15.7 Å². The summed E-state index contributed by atoms with van der Waals surface area (Å²) < 4.78 is 6.21. The molecular formula is C43H24N6S2. The highest BCUT2D eigenvalue weighted by atomic mass is 32.1. The van der Waals surface area contributed by atoms with Crippen LogP contribution >= 0.6 is 22.7 Å². The average molecular weight is 689 g/mol. The highest BCUT2D eigenvalue weighted by Crippen LogP contribution is 2.51. The van der Waals surface area contributed by atoms with Crippen molar-refractivity contribution < 1.29 is 0 Å². The average Bonchev–Trinajstić information content (AvgIpc) is 3.88. The lowest BCUT2D eigenvalue weighted by Gasteiger charge is -2.12. The van der Waals surface area contributed by atoms with E-state index in [-0.39, 0.29) is 0 Å². The van der Waals surface area contributed by atoms with Crippen molar-refractivity contribution in [1.29, 1.82) is 0 Å². The van der Waals surface area contributed by atoms with E-state index in [1.165, 1.54) is 46.5 Å². The monoisotopic (exact) mass is 688 g/mol. The van der Waals surface area contributed by atoms with E-state index in [0.29, 0.717) is 17.5 Å². The van der Waals surface area contributed by atoms with Crippen LogP contribution in [0.5, 0.6) is 0 Å². The number of rotatable bonds is 4. The van der Waals surface area contributed by atoms with Gasteiger partial charge in [-0.1, -0.05) is 109 Å². The van der Waals surface area contributed by atoms with E-state index in [4.69, 9.17) is 19.9 Å². The van der Waals surface area contributed by atoms with E-state index in [2.05, 4.69) is 82.3 Å². The predicted molar refractivity (Wildman–Crippen MR) is 212 cm³/mol. The summed E-state index contributed by atoms with van der Waals surface area (Å²) in [5.41, 5.74) is 6.16. The molecule has 0 unspecified atom stereocenters. The first kappa shape index (κ1) is 28.5. The van der Waals surface area contributed by atoms with Crippen LogP contribution < -0.4 is 0 Å². The molecule has 0 spiro atoms. The summed E-state index contributed by atoms with van der Waals surface area (Å²) in [7, 11) is 0. The lowest BCUT2D eigenvalue weighted by Crippen LogP contribution is -2.01. The van der Waals surface area contributed by atoms with Crippen molar-refractivity contribution in [3.63, 3.8) is 0 Å². The van der Waals surface area contributed by atoms with Crippen LogP contribution in [0.4, 0.5) is 0 Å². The molecule has 5 heterocycles. The number of nitrogens with zero attached hydrogens (tertiary/aromatic N) is 6. The Bertz CT molecular complexity index is 3090. The number of fused-ring (bicyclic) bond motifs is 12. The number of benzene rings is 6. The number of para-hydroxylation sites is 1. The van der Waals surface area contributed by atoms with Crippen molar-refractivity contribution in [3.8, 4) is 39.9 Å². The molecule has 11 rings (SSSR count). The van der Waals surface area contributed by atoms with Gasteiger partial charge in [-0.3, -0.25) is 0 Å². The van der Waals surface area contributed by atoms with Gasteiger partial charge in [-0.25, -0.2) is 24.9 Å². The third-order valence-corrected chi connectivity index (χ3v) is 11.9. The zero-order chi connectivity index (χ0) is 33.5. The fourth-order valence-electron chi connectivity index (χ4n) is 7.40. The number of hydrogen-bond acceptors (Lipinski definition) is 7. The zero-order valence-electron chi connectivity index (χ0n) is 26.9. The zero-order valence-corrected chi connectivity index (χ0v) is 28.5. The molecule has 8 heteroatoms. The summed E-state index contributed by atoms with van der Waals surface area (Å²) in [6.07, 6.45) is 3.63. The molecule has 0 amide bonds. The van der Waals surface area contributed by atoms with Gasteiger partial charge in [0.2, 0.25) is 0 Å². The van der Waals surface area contributed by atoms with Crippen molar-refractivity contribution in [3.05, 3.63) is 146 Å². The molecule has 0 saturated carbocycles. The van der Waals surface area contributed by atoms with Crippen molar-refractivity contribution in [2.45, 2.75) is 0 Å². The van der Waals surface area contributed by atoms with Gasteiger partial charge >= 0.3 is 0 Å². The van der Waals surface area contributed by atoms with Crippen molar-refractivity contribution >= 4 is 85.0 Å². The van der Waals surface area contributed by atoms with Crippen molar-refractivity contribution in [2.75, 3.05) is 0 Å². The normalized spacial score (nSPS) is 11.9. The Kier molecular flexibility index (Phi) is 6.19. The molecule has 0 aliphatic carbocycles. The van der Waals surface area contributed by atoms with Crippen LogP contribution in [0.3, 0.4) is 0 Å². The number of thiophene rings is 2. The Morgan fingerprint density at radius 3 is 1.90 bits per heavy atom. The second-order valence-corrected chi connectivity index (χ2v) is 14.6. The van der Waals surface area contributed by atoms with Crippen molar-refractivity contribution in [1.82, 2.24) is 29.5 Å². The Morgan fingerprint density at radius 2 is 1.14 bits per heavy atom. The summed E-state index contributed by atoms with van der Waals surface area (Å²) >= 11 is 3.62. The van der Waals surface area contributed by atoms with Gasteiger partial charge < -0.3 is 4.57 Å². The van der Waals surface area contributed by atoms with E-state index in [1.54, 1.807) is 17.7 Å². The highest BCUT2D eigenvalue weighted by Gasteiger charge is 2.25. The lowest BCUT2D eigenvalue weighted by molar-refractivity contribution is 1.07. The van der Waals surface area contributed by atoms with E-state index >= 15 is 0 Å². The number of hydrogen-bond donors (Lipinski definition) is 0. The van der Waals surface area contributed by atoms with Gasteiger partial charge in [-0.2, -0.15) is 0 Å². The Labute approximate surface area is 299 Å². The van der Waals surface area contributed by atoms with Gasteiger partial charge in [0.1, 0.15) is 11.2 Å². The summed E-state index contributed by atoms with van der Waals surface area (Å²) in [6.45, 7) is 0. The SMILES string of the molecule is c1ccc(-c2nc(-c3ccccc3)nc(-c3cccc(-n4c5ccccc5c5c6c7cncnc7sc6c6c7ccccc7sc6c54)c3)n2)cc1. The van der Waals surface area contributed by atoms with Crippen LogP contribution in [0.1, 0.15) is 0 Å². The third kappa shape index (κ3) is 4.30. The third-order valence-electron chi connectivity index (χ3n) is 9.60. The summed E-state index contributed by atoms with van der Waals surface area (Å²) in [6, 6.07) is 46.3. The maximum Gasteiger partial charge on any atom is 0.164 e. The molecule has 6 nitrogen and oxygen atoms in total. The topological polar surface area (TPSA) is 69.4 Å². The molecule has 238 valence electrons. The van der Waals surface area contributed by atoms with Gasteiger partial charge in [0.15, 0.2) is 17.5 Å². The molecule has 0 bridgehead atoms. The molecule has 11 aromatic rings. The van der Waals surface area contributed by atoms with Gasteiger partial charge in [0, 0.05) is 70.3 Å². The van der Waals surface area contributed by atoms with Gasteiger partial charge in [-0.05, 0) is 24.3 Å². The largest absolute Gasteiger partial charge is 0.308 e. The lowest BCUT2D eigenvalue weighted by atomic mass is 10.0. The molecule has 0 saturated heterocycles. The van der Waals surface area contributed by atoms with Crippen LogP contribution in [-0.4, -0.2) is 29.5 Å². The first-order chi connectivity index (χ1) is 25.3. The van der Waals surface area contributed by atoms with E-state index < -0.39 is 0 Å². The standard InChI is InChI=1S/C43H24N6S2/c1-3-12-25(13-4-1)40-46-41(26-14-5-2-6-15-26)48-42(47-40)27-16-11-17-28(22-27)49-32-20-9-7-18-29(32)34-35-31-23-44-24-45-43(31)51-38(35)36-30-19-8-10-21-33(30)50-39(36)37(34)49/h1-24H. The molecule has 0 fully saturated rings. The molecule has 5 aromatic heterocycles. The van der Waals surface area contributed by atoms with Gasteiger partial charge in [-0.15, -0.1) is 22.7 Å². The maximum absolute atomic E-state index is 5.05. The fourth-order valence-corrected chi connectivity index (χ4v) is 9.90. The summed E-state index contributed by atoms with van der Waals surface area (Å²) in [5, 5.41) is 7.27. The molecule has 0 atom stereocenters. The Morgan fingerprint density at radius 1 is 0.490 bits per heavy atom. The first-order valence-electron chi connectivity index (χ1n) is 16.7. The minimum atomic E-state index is 0.626. The fraction of sp³-hybridized carbons (Fsp3) is 0. The van der Waals surface area contributed by atoms with Crippen molar-refractivity contribution in [2.24, 2.45) is 0 Å². The predicted octanol–water partition coefficient (Wildman–Crippen LogP) is 11.5. The van der Waals surface area contributed by atoms with E-state index in [9.17, 15) is 0 Å². The minimum absolute atomic E-state index is 0.626. The quantitative estimate of drug-likeness (QED) is 0.184. The van der Waals surface area contributed by atoms with Crippen LogP contribution in [0.15, 0.2) is 146 Å². The van der Waals surface area contributed by atoms with Crippen LogP contribution in [0.25, 0.3) is 102 Å². The Balaban J connectivity index is 1.24. The molecule has 0 aliphatic heterocycles. The first-order valence-corrected chi connectivity index (χ1v) is 18.3. The summed E-state index contributed by atoms with van der Waals surface area (Å²) in [5.74, 6) is 1.91. The molecule has 0 radical (unpaired) electrons. The van der Waals surface area contributed by atoms with Crippen LogP contribution in [0, 0.1) is 0 Å². The molecular weight excluding hydrogens is 665 g/mol. The molecule has 0 aliphatic rings. The summed E-state index contributed by atoms with van der Waals surface area (Å²) in [4.78, 5) is 25.2. The number of aromatic nitrogens is 6. The van der Waals surface area contributed by atoms with Gasteiger partial charge in [0.25, 0.3) is 0 Å². The van der Waals surface area contributed by atoms with Crippen LogP contribution in [0.2, 0.25) is 0 Å². The van der Waals surface area contributed by atoms with E-state index in [1.807, 2.05) is 78.2 Å². The second kappa shape index (κ2) is 11.1. The second-order valence-electron chi connectivity index (χ2n) is 12.5. The van der Waals surface area contributed by atoms with E-state index in [0.717, 1.165) is 38.1 Å². The molecule has 0 N–H and O–H groups in total. The molecule has 51 heavy (non-hydrogen) atoms. The maximum atomic E-state index is 5.05. The Hall–Kier alpha value is -6.35. The highest BCUT2D eigenvalue weighted by molar-refractivity contribution is 7.30. The minimum Gasteiger partial charge on any atom is -0.308 e. The van der Waals surface area contributed by atoms with Crippen LogP contribution in [-0.2, 0) is 0 Å². The smallest absolute Gasteiger partial charge is 0.164 e. The molecule has 6 aromatic carbocycles.